The molecule has 1 aliphatic carbocycles. The molecule has 0 N–H and O–H groups in total. The lowest BCUT2D eigenvalue weighted by atomic mass is 10.1. The lowest BCUT2D eigenvalue weighted by molar-refractivity contribution is -0.133. The SMILES string of the molecule is CN(Cc1ccc(OCc2cc(-c3ccccc3)c(C(F)(F)F)s2)cc1)C1CCCC1. The fourth-order valence-corrected chi connectivity index (χ4v) is 5.12. The Kier molecular flexibility index (Phi) is 6.68. The molecular weight excluding hydrogens is 419 g/mol. The highest BCUT2D eigenvalue weighted by molar-refractivity contribution is 7.12. The first-order chi connectivity index (χ1) is 14.9. The fraction of sp³-hybridized carbons (Fsp3) is 0.360. The molecular formula is C25H26F3NOS. The minimum absolute atomic E-state index is 0.113. The molecule has 0 aliphatic heterocycles. The van der Waals surface area contributed by atoms with E-state index in [0.717, 1.165) is 17.9 Å². The van der Waals surface area contributed by atoms with Crippen LogP contribution < -0.4 is 4.74 Å². The Hall–Kier alpha value is -2.31. The van der Waals surface area contributed by atoms with Crippen LogP contribution >= 0.6 is 11.3 Å². The van der Waals surface area contributed by atoms with Crippen molar-refractivity contribution in [1.29, 1.82) is 0 Å². The van der Waals surface area contributed by atoms with Crippen LogP contribution in [0, 0.1) is 0 Å². The van der Waals surface area contributed by atoms with E-state index in [-0.39, 0.29) is 12.2 Å². The molecule has 0 amide bonds. The van der Waals surface area contributed by atoms with Gasteiger partial charge < -0.3 is 4.74 Å². The van der Waals surface area contributed by atoms with Gasteiger partial charge in [0, 0.05) is 23.0 Å². The van der Waals surface area contributed by atoms with Crippen LogP contribution in [0.1, 0.15) is 41.0 Å². The van der Waals surface area contributed by atoms with Crippen molar-refractivity contribution in [2.45, 2.75) is 51.1 Å². The van der Waals surface area contributed by atoms with Crippen LogP contribution in [-0.2, 0) is 19.3 Å². The quantitative estimate of drug-likeness (QED) is 0.376. The summed E-state index contributed by atoms with van der Waals surface area (Å²) in [6.45, 7) is 1.01. The summed E-state index contributed by atoms with van der Waals surface area (Å²) in [4.78, 5) is 2.37. The lowest BCUT2D eigenvalue weighted by Crippen LogP contribution is -2.28. The monoisotopic (exact) mass is 445 g/mol. The second-order valence-electron chi connectivity index (χ2n) is 8.11. The topological polar surface area (TPSA) is 12.5 Å². The average Bonchev–Trinajstić information content (AvgIpc) is 3.44. The third-order valence-electron chi connectivity index (χ3n) is 5.81. The highest BCUT2D eigenvalue weighted by atomic mass is 32.1. The van der Waals surface area contributed by atoms with E-state index in [4.69, 9.17) is 4.74 Å². The van der Waals surface area contributed by atoms with Gasteiger partial charge in [-0.1, -0.05) is 55.3 Å². The third kappa shape index (κ3) is 5.49. The van der Waals surface area contributed by atoms with E-state index >= 15 is 0 Å². The molecule has 164 valence electrons. The Morgan fingerprint density at radius 3 is 2.32 bits per heavy atom. The van der Waals surface area contributed by atoms with Gasteiger partial charge in [0.2, 0.25) is 0 Å². The summed E-state index contributed by atoms with van der Waals surface area (Å²) in [5, 5.41) is 0. The van der Waals surface area contributed by atoms with Gasteiger partial charge in [-0.05, 0) is 49.2 Å². The fourth-order valence-electron chi connectivity index (χ4n) is 4.16. The predicted molar refractivity (Wildman–Crippen MR) is 119 cm³/mol. The predicted octanol–water partition coefficient (Wildman–Crippen LogP) is 7.39. The van der Waals surface area contributed by atoms with Gasteiger partial charge in [-0.15, -0.1) is 11.3 Å². The summed E-state index contributed by atoms with van der Waals surface area (Å²) in [7, 11) is 2.17. The molecule has 3 aromatic rings. The molecule has 0 saturated heterocycles. The molecule has 2 aromatic carbocycles. The molecule has 1 fully saturated rings. The standard InChI is InChI=1S/C25H26F3NOS/c1-29(20-9-5-6-10-20)16-18-11-13-21(14-12-18)30-17-22-15-23(19-7-3-2-4-8-19)24(31-22)25(26,27)28/h2-4,7-8,11-15,20H,5-6,9-10,16-17H2,1H3. The molecule has 0 radical (unpaired) electrons. The van der Waals surface area contributed by atoms with Gasteiger partial charge >= 0.3 is 6.18 Å². The Morgan fingerprint density at radius 1 is 1.00 bits per heavy atom. The van der Waals surface area contributed by atoms with Gasteiger partial charge in [0.1, 0.15) is 17.2 Å². The van der Waals surface area contributed by atoms with E-state index in [2.05, 4.69) is 11.9 Å². The Balaban J connectivity index is 1.41. The summed E-state index contributed by atoms with van der Waals surface area (Å²) < 4.78 is 46.4. The molecule has 1 heterocycles. The second kappa shape index (κ2) is 9.45. The maximum atomic E-state index is 13.5. The number of ether oxygens (including phenoxy) is 1. The highest BCUT2D eigenvalue weighted by Gasteiger charge is 2.36. The number of benzene rings is 2. The number of hydrogen-bond acceptors (Lipinski definition) is 3. The summed E-state index contributed by atoms with van der Waals surface area (Å²) >= 11 is 0.750. The summed E-state index contributed by atoms with van der Waals surface area (Å²) in [6.07, 6.45) is 0.771. The van der Waals surface area contributed by atoms with Crippen LogP contribution in [0.4, 0.5) is 13.2 Å². The first-order valence-electron chi connectivity index (χ1n) is 10.6. The molecule has 4 rings (SSSR count). The van der Waals surface area contributed by atoms with Gasteiger partial charge in [-0.3, -0.25) is 4.90 Å². The Labute approximate surface area is 185 Å². The molecule has 0 unspecified atom stereocenters. The maximum absolute atomic E-state index is 13.5. The van der Waals surface area contributed by atoms with Crippen molar-refractivity contribution in [3.63, 3.8) is 0 Å². The Morgan fingerprint density at radius 2 is 1.68 bits per heavy atom. The maximum Gasteiger partial charge on any atom is 0.426 e. The van der Waals surface area contributed by atoms with Gasteiger partial charge in [0.15, 0.2) is 0 Å². The van der Waals surface area contributed by atoms with Gasteiger partial charge in [-0.25, -0.2) is 0 Å². The van der Waals surface area contributed by atoms with Gasteiger partial charge in [-0.2, -0.15) is 13.2 Å². The van der Waals surface area contributed by atoms with Crippen LogP contribution in [0.2, 0.25) is 0 Å². The van der Waals surface area contributed by atoms with Crippen LogP contribution in [0.5, 0.6) is 5.75 Å². The molecule has 31 heavy (non-hydrogen) atoms. The Bertz CT molecular complexity index is 976. The smallest absolute Gasteiger partial charge is 0.426 e. The minimum Gasteiger partial charge on any atom is -0.488 e. The number of halogens is 3. The van der Waals surface area contributed by atoms with Crippen molar-refractivity contribution in [3.8, 4) is 16.9 Å². The third-order valence-corrected chi connectivity index (χ3v) is 6.96. The molecule has 0 bridgehead atoms. The van der Waals surface area contributed by atoms with Crippen molar-refractivity contribution < 1.29 is 17.9 Å². The first-order valence-corrected chi connectivity index (χ1v) is 11.4. The molecule has 1 saturated carbocycles. The second-order valence-corrected chi connectivity index (χ2v) is 9.24. The number of hydrogen-bond donors (Lipinski definition) is 0. The molecule has 0 spiro atoms. The van der Waals surface area contributed by atoms with Crippen molar-refractivity contribution in [3.05, 3.63) is 76.0 Å². The zero-order valence-corrected chi connectivity index (χ0v) is 18.3. The van der Waals surface area contributed by atoms with E-state index in [1.807, 2.05) is 24.3 Å². The van der Waals surface area contributed by atoms with E-state index in [0.29, 0.717) is 22.2 Å². The van der Waals surface area contributed by atoms with E-state index in [1.54, 1.807) is 36.4 Å². The van der Waals surface area contributed by atoms with Crippen molar-refractivity contribution in [2.24, 2.45) is 0 Å². The molecule has 2 nitrogen and oxygen atoms in total. The highest BCUT2D eigenvalue weighted by Crippen LogP contribution is 2.43. The lowest BCUT2D eigenvalue weighted by Gasteiger charge is -2.24. The van der Waals surface area contributed by atoms with E-state index in [1.165, 1.54) is 31.2 Å². The van der Waals surface area contributed by atoms with Crippen molar-refractivity contribution in [1.82, 2.24) is 4.90 Å². The number of alkyl halides is 3. The number of thiophene rings is 1. The van der Waals surface area contributed by atoms with E-state index < -0.39 is 11.1 Å². The normalized spacial score (nSPS) is 15.0. The first kappa shape index (κ1) is 21.9. The molecule has 0 atom stereocenters. The van der Waals surface area contributed by atoms with Gasteiger partial charge in [0.25, 0.3) is 0 Å². The number of rotatable bonds is 7. The van der Waals surface area contributed by atoms with Crippen LogP contribution in [-0.4, -0.2) is 18.0 Å². The van der Waals surface area contributed by atoms with Crippen LogP contribution in [0.3, 0.4) is 0 Å². The minimum atomic E-state index is -4.39. The van der Waals surface area contributed by atoms with E-state index in [9.17, 15) is 13.2 Å². The van der Waals surface area contributed by atoms with Crippen molar-refractivity contribution in [2.75, 3.05) is 7.05 Å². The largest absolute Gasteiger partial charge is 0.488 e. The zero-order valence-electron chi connectivity index (χ0n) is 17.5. The zero-order chi connectivity index (χ0) is 21.8. The summed E-state index contributed by atoms with van der Waals surface area (Å²) in [5.74, 6) is 0.662. The van der Waals surface area contributed by atoms with Crippen LogP contribution in [0.15, 0.2) is 60.7 Å². The molecule has 6 heteroatoms. The van der Waals surface area contributed by atoms with Crippen LogP contribution in [0.25, 0.3) is 11.1 Å². The summed E-state index contributed by atoms with van der Waals surface area (Å²) in [6, 6.07) is 18.8. The van der Waals surface area contributed by atoms with Gasteiger partial charge in [0.05, 0.1) is 0 Å². The number of nitrogens with zero attached hydrogens (tertiary/aromatic N) is 1. The molecule has 1 aromatic heterocycles. The van der Waals surface area contributed by atoms with Crippen molar-refractivity contribution >= 4 is 11.3 Å². The average molecular weight is 446 g/mol. The molecule has 1 aliphatic rings. The summed E-state index contributed by atoms with van der Waals surface area (Å²) in [5.41, 5.74) is 1.98.